The molecule has 3 N–H and O–H groups in total. The first-order chi connectivity index (χ1) is 10.0. The summed E-state index contributed by atoms with van der Waals surface area (Å²) in [6.07, 6.45) is -0.559. The molecule has 0 aliphatic heterocycles. The van der Waals surface area contributed by atoms with Crippen molar-refractivity contribution < 1.29 is 9.90 Å². The van der Waals surface area contributed by atoms with E-state index in [-0.39, 0.29) is 6.03 Å². The SMILES string of the molecule is CC(O)c1cccc(NC(=O)NCc2cccc(Br)c2)c1. The number of hydrogen-bond donors (Lipinski definition) is 3. The zero-order valence-corrected chi connectivity index (χ0v) is 13.2. The van der Waals surface area contributed by atoms with Crippen molar-refractivity contribution in [1.82, 2.24) is 5.32 Å². The standard InChI is InChI=1S/C16H17BrN2O2/c1-11(20)13-5-3-7-15(9-13)19-16(21)18-10-12-4-2-6-14(17)8-12/h2-9,11,20H,10H2,1H3,(H2,18,19,21). The molecule has 2 rings (SSSR count). The molecule has 0 saturated heterocycles. The van der Waals surface area contributed by atoms with E-state index in [9.17, 15) is 9.90 Å². The molecule has 0 spiro atoms. The van der Waals surface area contributed by atoms with Crippen molar-refractivity contribution >= 4 is 27.6 Å². The molecular formula is C16H17BrN2O2. The Hall–Kier alpha value is -1.85. The highest BCUT2D eigenvalue weighted by Crippen LogP contribution is 2.17. The Morgan fingerprint density at radius 1 is 1.24 bits per heavy atom. The summed E-state index contributed by atoms with van der Waals surface area (Å²) in [5, 5.41) is 15.1. The van der Waals surface area contributed by atoms with Gasteiger partial charge in [-0.2, -0.15) is 0 Å². The molecule has 110 valence electrons. The molecule has 1 unspecified atom stereocenters. The van der Waals surface area contributed by atoms with Crippen LogP contribution in [-0.4, -0.2) is 11.1 Å². The molecule has 21 heavy (non-hydrogen) atoms. The molecule has 0 fully saturated rings. The predicted molar refractivity (Wildman–Crippen MR) is 87.1 cm³/mol. The van der Waals surface area contributed by atoms with Crippen LogP contribution >= 0.6 is 15.9 Å². The number of hydrogen-bond acceptors (Lipinski definition) is 2. The second-order valence-corrected chi connectivity index (χ2v) is 5.65. The Kier molecular flexibility index (Phi) is 5.36. The maximum absolute atomic E-state index is 11.9. The van der Waals surface area contributed by atoms with Gasteiger partial charge in [0.1, 0.15) is 0 Å². The van der Waals surface area contributed by atoms with Crippen molar-refractivity contribution in [2.45, 2.75) is 19.6 Å². The van der Waals surface area contributed by atoms with Crippen LogP contribution in [-0.2, 0) is 6.54 Å². The summed E-state index contributed by atoms with van der Waals surface area (Å²) in [5.41, 5.74) is 2.43. The van der Waals surface area contributed by atoms with Gasteiger partial charge in [0.05, 0.1) is 6.10 Å². The zero-order chi connectivity index (χ0) is 15.2. The van der Waals surface area contributed by atoms with E-state index >= 15 is 0 Å². The molecule has 0 heterocycles. The van der Waals surface area contributed by atoms with Crippen molar-refractivity contribution in [2.75, 3.05) is 5.32 Å². The van der Waals surface area contributed by atoms with Crippen LogP contribution in [0.4, 0.5) is 10.5 Å². The summed E-state index contributed by atoms with van der Waals surface area (Å²) in [6, 6.07) is 14.6. The van der Waals surface area contributed by atoms with Gasteiger partial charge in [0.2, 0.25) is 0 Å². The fraction of sp³-hybridized carbons (Fsp3) is 0.188. The number of benzene rings is 2. The topological polar surface area (TPSA) is 61.4 Å². The van der Waals surface area contributed by atoms with Crippen molar-refractivity contribution in [1.29, 1.82) is 0 Å². The molecule has 2 aromatic carbocycles. The maximum atomic E-state index is 11.9. The molecular weight excluding hydrogens is 332 g/mol. The zero-order valence-electron chi connectivity index (χ0n) is 11.6. The molecule has 0 bridgehead atoms. The Bertz CT molecular complexity index is 629. The second-order valence-electron chi connectivity index (χ2n) is 4.74. The molecule has 2 aromatic rings. The lowest BCUT2D eigenvalue weighted by molar-refractivity contribution is 0.199. The monoisotopic (exact) mass is 348 g/mol. The lowest BCUT2D eigenvalue weighted by Gasteiger charge is -2.10. The molecule has 0 aromatic heterocycles. The number of aliphatic hydroxyl groups is 1. The Labute approximate surface area is 132 Å². The summed E-state index contributed by atoms with van der Waals surface area (Å²) < 4.78 is 0.979. The van der Waals surface area contributed by atoms with Gasteiger partial charge < -0.3 is 15.7 Å². The van der Waals surface area contributed by atoms with Gasteiger partial charge in [0.25, 0.3) is 0 Å². The molecule has 2 amide bonds. The smallest absolute Gasteiger partial charge is 0.319 e. The largest absolute Gasteiger partial charge is 0.389 e. The first-order valence-corrected chi connectivity index (χ1v) is 7.41. The first kappa shape index (κ1) is 15.5. The van der Waals surface area contributed by atoms with Crippen molar-refractivity contribution in [3.05, 3.63) is 64.1 Å². The average molecular weight is 349 g/mol. The highest BCUT2D eigenvalue weighted by atomic mass is 79.9. The van der Waals surface area contributed by atoms with Gasteiger partial charge in [-0.25, -0.2) is 4.79 Å². The average Bonchev–Trinajstić information content (AvgIpc) is 2.45. The molecule has 0 saturated carbocycles. The van der Waals surface area contributed by atoms with Crippen LogP contribution in [0.25, 0.3) is 0 Å². The van der Waals surface area contributed by atoms with Gasteiger partial charge in [0.15, 0.2) is 0 Å². The van der Waals surface area contributed by atoms with E-state index in [4.69, 9.17) is 0 Å². The second kappa shape index (κ2) is 7.24. The summed E-state index contributed by atoms with van der Waals surface area (Å²) in [7, 11) is 0. The maximum Gasteiger partial charge on any atom is 0.319 e. The lowest BCUT2D eigenvalue weighted by atomic mass is 10.1. The lowest BCUT2D eigenvalue weighted by Crippen LogP contribution is -2.28. The van der Waals surface area contributed by atoms with E-state index in [0.29, 0.717) is 12.2 Å². The molecule has 0 aliphatic rings. The van der Waals surface area contributed by atoms with Gasteiger partial charge in [-0.05, 0) is 42.3 Å². The van der Waals surface area contributed by atoms with Crippen LogP contribution in [0.3, 0.4) is 0 Å². The number of aliphatic hydroxyl groups excluding tert-OH is 1. The Balaban J connectivity index is 1.91. The summed E-state index contributed by atoms with van der Waals surface area (Å²) in [4.78, 5) is 11.9. The third-order valence-corrected chi connectivity index (χ3v) is 3.46. The van der Waals surface area contributed by atoms with Gasteiger partial charge in [-0.1, -0.05) is 40.2 Å². The fourth-order valence-corrected chi connectivity index (χ4v) is 2.33. The molecule has 0 radical (unpaired) electrons. The van der Waals surface area contributed by atoms with Crippen molar-refractivity contribution in [3.63, 3.8) is 0 Å². The van der Waals surface area contributed by atoms with E-state index in [1.165, 1.54) is 0 Å². The Morgan fingerprint density at radius 2 is 2.00 bits per heavy atom. The number of anilines is 1. The first-order valence-electron chi connectivity index (χ1n) is 6.62. The van der Waals surface area contributed by atoms with E-state index < -0.39 is 6.10 Å². The van der Waals surface area contributed by atoms with Gasteiger partial charge in [0, 0.05) is 16.7 Å². The van der Waals surface area contributed by atoms with Crippen molar-refractivity contribution in [3.8, 4) is 0 Å². The Morgan fingerprint density at radius 3 is 2.71 bits per heavy atom. The highest BCUT2D eigenvalue weighted by Gasteiger charge is 2.05. The number of urea groups is 1. The summed E-state index contributed by atoms with van der Waals surface area (Å²) in [5.74, 6) is 0. The highest BCUT2D eigenvalue weighted by molar-refractivity contribution is 9.10. The molecule has 5 heteroatoms. The minimum atomic E-state index is -0.559. The molecule has 4 nitrogen and oxygen atoms in total. The van der Waals surface area contributed by atoms with E-state index in [1.54, 1.807) is 25.1 Å². The van der Waals surface area contributed by atoms with Crippen LogP contribution in [0, 0.1) is 0 Å². The number of nitrogens with one attached hydrogen (secondary N) is 2. The number of amides is 2. The van der Waals surface area contributed by atoms with Crippen LogP contribution in [0.2, 0.25) is 0 Å². The molecule has 0 aliphatic carbocycles. The van der Waals surface area contributed by atoms with Crippen LogP contribution in [0.5, 0.6) is 0 Å². The predicted octanol–water partition coefficient (Wildman–Crippen LogP) is 3.82. The number of rotatable bonds is 4. The van der Waals surface area contributed by atoms with E-state index in [1.807, 2.05) is 30.3 Å². The van der Waals surface area contributed by atoms with Crippen LogP contribution < -0.4 is 10.6 Å². The normalized spacial score (nSPS) is 11.8. The number of halogens is 1. The van der Waals surface area contributed by atoms with Gasteiger partial charge >= 0.3 is 6.03 Å². The molecule has 1 atom stereocenters. The van der Waals surface area contributed by atoms with Crippen LogP contribution in [0.15, 0.2) is 53.0 Å². The van der Waals surface area contributed by atoms with Gasteiger partial charge in [-0.3, -0.25) is 0 Å². The quantitative estimate of drug-likeness (QED) is 0.786. The van der Waals surface area contributed by atoms with E-state index in [0.717, 1.165) is 15.6 Å². The van der Waals surface area contributed by atoms with Crippen LogP contribution in [0.1, 0.15) is 24.2 Å². The minimum Gasteiger partial charge on any atom is -0.389 e. The third-order valence-electron chi connectivity index (χ3n) is 2.97. The minimum absolute atomic E-state index is 0.280. The van der Waals surface area contributed by atoms with Gasteiger partial charge in [-0.15, -0.1) is 0 Å². The fourth-order valence-electron chi connectivity index (χ4n) is 1.88. The number of carbonyl (C=O) groups is 1. The summed E-state index contributed by atoms with van der Waals surface area (Å²) in [6.45, 7) is 2.13. The van der Waals surface area contributed by atoms with Crippen molar-refractivity contribution in [2.24, 2.45) is 0 Å². The summed E-state index contributed by atoms with van der Waals surface area (Å²) >= 11 is 3.39. The van der Waals surface area contributed by atoms with E-state index in [2.05, 4.69) is 26.6 Å². The number of carbonyl (C=O) groups excluding carboxylic acids is 1. The third kappa shape index (κ3) is 4.88.